The molecule has 0 fully saturated rings. The van der Waals surface area contributed by atoms with Crippen LogP contribution in [0.25, 0.3) is 0 Å². The average molecular weight is 263 g/mol. The number of nitrogens with one attached hydrogen (secondary N) is 2. The number of rotatable bonds is 5. The van der Waals surface area contributed by atoms with Crippen molar-refractivity contribution in [3.63, 3.8) is 0 Å². The molecule has 0 radical (unpaired) electrons. The number of benzene rings is 1. The maximum Gasteiger partial charge on any atom is 0.187 e. The second kappa shape index (κ2) is 7.82. The lowest BCUT2D eigenvalue weighted by molar-refractivity contribution is 0.719. The standard InChI is InChI=1S/C14H21N3S/c1-4-8-13(12-9-6-5-7-10-12)16-17-14(18)15-11(2)3/h5-7,9-11H,4,8H2,1-3H3,(H2,15,17,18)/b16-13-. The first-order chi connectivity index (χ1) is 8.63. The van der Waals surface area contributed by atoms with Gasteiger partial charge in [0.05, 0.1) is 5.71 Å². The Balaban J connectivity index is 2.70. The predicted molar refractivity (Wildman–Crippen MR) is 81.9 cm³/mol. The van der Waals surface area contributed by atoms with Crippen molar-refractivity contribution < 1.29 is 0 Å². The van der Waals surface area contributed by atoms with Crippen LogP contribution in [0.1, 0.15) is 39.2 Å². The third-order valence-corrected chi connectivity index (χ3v) is 2.52. The van der Waals surface area contributed by atoms with Crippen molar-refractivity contribution in [1.82, 2.24) is 10.7 Å². The van der Waals surface area contributed by atoms with Gasteiger partial charge in [-0.1, -0.05) is 43.7 Å². The van der Waals surface area contributed by atoms with Crippen LogP contribution < -0.4 is 10.7 Å². The molecule has 1 aromatic carbocycles. The van der Waals surface area contributed by atoms with Crippen LogP contribution in [-0.4, -0.2) is 16.9 Å². The van der Waals surface area contributed by atoms with Gasteiger partial charge in [-0.25, -0.2) is 0 Å². The molecule has 0 bridgehead atoms. The first kappa shape index (κ1) is 14.6. The van der Waals surface area contributed by atoms with E-state index in [4.69, 9.17) is 12.2 Å². The minimum absolute atomic E-state index is 0.312. The van der Waals surface area contributed by atoms with Crippen molar-refractivity contribution in [2.45, 2.75) is 39.7 Å². The fourth-order valence-corrected chi connectivity index (χ4v) is 1.83. The van der Waals surface area contributed by atoms with Crippen LogP contribution in [0, 0.1) is 0 Å². The van der Waals surface area contributed by atoms with E-state index in [9.17, 15) is 0 Å². The molecule has 2 N–H and O–H groups in total. The molecule has 0 heterocycles. The zero-order valence-corrected chi connectivity index (χ0v) is 12.1. The van der Waals surface area contributed by atoms with Crippen LogP contribution in [0.5, 0.6) is 0 Å². The number of thiocarbonyl (C=S) groups is 1. The molecule has 0 aromatic heterocycles. The Morgan fingerprint density at radius 1 is 1.28 bits per heavy atom. The third-order valence-electron chi connectivity index (χ3n) is 2.31. The lowest BCUT2D eigenvalue weighted by Gasteiger charge is -2.11. The molecule has 4 heteroatoms. The Kier molecular flexibility index (Phi) is 6.36. The molecule has 0 saturated heterocycles. The Hall–Kier alpha value is -1.42. The van der Waals surface area contributed by atoms with Crippen LogP contribution >= 0.6 is 12.2 Å². The highest BCUT2D eigenvalue weighted by molar-refractivity contribution is 7.80. The highest BCUT2D eigenvalue weighted by atomic mass is 32.1. The normalized spacial score (nSPS) is 11.4. The van der Waals surface area contributed by atoms with E-state index in [1.165, 1.54) is 0 Å². The molecule has 0 aliphatic rings. The first-order valence-corrected chi connectivity index (χ1v) is 6.72. The highest BCUT2D eigenvalue weighted by Gasteiger charge is 2.03. The number of hydrogen-bond donors (Lipinski definition) is 2. The summed E-state index contributed by atoms with van der Waals surface area (Å²) in [5.74, 6) is 0. The Morgan fingerprint density at radius 3 is 2.50 bits per heavy atom. The molecule has 0 aliphatic carbocycles. The molecular formula is C14H21N3S. The van der Waals surface area contributed by atoms with Gasteiger partial charge in [0.2, 0.25) is 0 Å². The molecule has 0 atom stereocenters. The fraction of sp³-hybridized carbons (Fsp3) is 0.429. The number of hydrazone groups is 1. The average Bonchev–Trinajstić information content (AvgIpc) is 2.34. The van der Waals surface area contributed by atoms with Crippen LogP contribution in [0.4, 0.5) is 0 Å². The highest BCUT2D eigenvalue weighted by Crippen LogP contribution is 2.05. The van der Waals surface area contributed by atoms with E-state index in [0.29, 0.717) is 11.2 Å². The molecule has 3 nitrogen and oxygen atoms in total. The maximum absolute atomic E-state index is 5.15. The number of nitrogens with zero attached hydrogens (tertiary/aromatic N) is 1. The van der Waals surface area contributed by atoms with E-state index in [1.807, 2.05) is 32.0 Å². The summed E-state index contributed by atoms with van der Waals surface area (Å²) in [6.07, 6.45) is 1.99. The fourth-order valence-electron chi connectivity index (χ4n) is 1.54. The summed E-state index contributed by atoms with van der Waals surface area (Å²) in [6, 6.07) is 10.5. The summed E-state index contributed by atoms with van der Waals surface area (Å²) < 4.78 is 0. The van der Waals surface area contributed by atoms with Gasteiger partial charge >= 0.3 is 0 Å². The summed E-state index contributed by atoms with van der Waals surface area (Å²) >= 11 is 5.15. The van der Waals surface area contributed by atoms with Gasteiger partial charge in [-0.2, -0.15) is 5.10 Å². The van der Waals surface area contributed by atoms with Crippen molar-refractivity contribution in [3.05, 3.63) is 35.9 Å². The van der Waals surface area contributed by atoms with E-state index in [1.54, 1.807) is 0 Å². The Bertz CT molecular complexity index is 399. The van der Waals surface area contributed by atoms with Crippen molar-refractivity contribution in [2.75, 3.05) is 0 Å². The summed E-state index contributed by atoms with van der Waals surface area (Å²) in [4.78, 5) is 0. The molecule has 0 aliphatic heterocycles. The lowest BCUT2D eigenvalue weighted by atomic mass is 10.1. The summed E-state index contributed by atoms with van der Waals surface area (Å²) in [5, 5.41) is 8.07. The first-order valence-electron chi connectivity index (χ1n) is 6.32. The Morgan fingerprint density at radius 2 is 1.94 bits per heavy atom. The lowest BCUT2D eigenvalue weighted by Crippen LogP contribution is -2.37. The zero-order valence-electron chi connectivity index (χ0n) is 11.2. The van der Waals surface area contributed by atoms with Crippen LogP contribution in [-0.2, 0) is 0 Å². The van der Waals surface area contributed by atoms with Crippen molar-refractivity contribution in [1.29, 1.82) is 0 Å². The molecular weight excluding hydrogens is 242 g/mol. The largest absolute Gasteiger partial charge is 0.359 e. The third kappa shape index (κ3) is 5.27. The van der Waals surface area contributed by atoms with Gasteiger partial charge < -0.3 is 5.32 Å². The zero-order chi connectivity index (χ0) is 13.4. The number of hydrogen-bond acceptors (Lipinski definition) is 2. The van der Waals surface area contributed by atoms with Crippen molar-refractivity contribution >= 4 is 23.0 Å². The molecule has 0 saturated carbocycles. The van der Waals surface area contributed by atoms with Gasteiger partial charge in [0, 0.05) is 6.04 Å². The minimum atomic E-state index is 0.312. The molecule has 1 rings (SSSR count). The van der Waals surface area contributed by atoms with Gasteiger partial charge in [0.25, 0.3) is 0 Å². The Labute approximate surface area is 115 Å². The van der Waals surface area contributed by atoms with Crippen LogP contribution in [0.15, 0.2) is 35.4 Å². The monoisotopic (exact) mass is 263 g/mol. The van der Waals surface area contributed by atoms with Gasteiger partial charge in [-0.05, 0) is 38.0 Å². The summed E-state index contributed by atoms with van der Waals surface area (Å²) in [5.41, 5.74) is 5.08. The molecule has 0 spiro atoms. The molecule has 0 unspecified atom stereocenters. The van der Waals surface area contributed by atoms with E-state index in [0.717, 1.165) is 24.1 Å². The summed E-state index contributed by atoms with van der Waals surface area (Å²) in [6.45, 7) is 6.23. The molecule has 98 valence electrons. The van der Waals surface area contributed by atoms with E-state index >= 15 is 0 Å². The van der Waals surface area contributed by atoms with Gasteiger partial charge in [-0.3, -0.25) is 5.43 Å². The summed E-state index contributed by atoms with van der Waals surface area (Å²) in [7, 11) is 0. The van der Waals surface area contributed by atoms with E-state index in [-0.39, 0.29) is 0 Å². The molecule has 0 amide bonds. The SMILES string of the molecule is CCC/C(=N/NC(=S)NC(C)C)c1ccccc1. The second-order valence-electron chi connectivity index (χ2n) is 4.41. The molecule has 18 heavy (non-hydrogen) atoms. The molecule has 1 aromatic rings. The van der Waals surface area contributed by atoms with Gasteiger partial charge in [0.15, 0.2) is 5.11 Å². The van der Waals surface area contributed by atoms with E-state index < -0.39 is 0 Å². The van der Waals surface area contributed by atoms with Gasteiger partial charge in [-0.15, -0.1) is 0 Å². The van der Waals surface area contributed by atoms with Crippen molar-refractivity contribution in [3.8, 4) is 0 Å². The predicted octanol–water partition coefficient (Wildman–Crippen LogP) is 3.06. The maximum atomic E-state index is 5.15. The van der Waals surface area contributed by atoms with E-state index in [2.05, 4.69) is 34.9 Å². The topological polar surface area (TPSA) is 36.4 Å². The second-order valence-corrected chi connectivity index (χ2v) is 4.82. The quantitative estimate of drug-likeness (QED) is 0.487. The van der Waals surface area contributed by atoms with Crippen LogP contribution in [0.2, 0.25) is 0 Å². The van der Waals surface area contributed by atoms with Crippen LogP contribution in [0.3, 0.4) is 0 Å². The van der Waals surface area contributed by atoms with Gasteiger partial charge in [0.1, 0.15) is 0 Å². The van der Waals surface area contributed by atoms with Crippen molar-refractivity contribution in [2.24, 2.45) is 5.10 Å². The minimum Gasteiger partial charge on any atom is -0.359 e. The smallest absolute Gasteiger partial charge is 0.187 e.